The number of aromatic hydroxyl groups is 1. The number of hydrogen-bond acceptors (Lipinski definition) is 24. The molecule has 15 atom stereocenters. The number of aromatic carboxylic acids is 1. The summed E-state index contributed by atoms with van der Waals surface area (Å²) in [6, 6.07) is 0.103. The molecular weight excluding hydrogens is 1990 g/mol. The van der Waals surface area contributed by atoms with Gasteiger partial charge in [-0.15, -0.1) is 11.8 Å². The minimum atomic E-state index is -1.85. The number of carboxylic acids is 2. The van der Waals surface area contributed by atoms with E-state index in [1.807, 2.05) is 13.8 Å². The van der Waals surface area contributed by atoms with Crippen LogP contribution in [0.15, 0.2) is 103 Å². The van der Waals surface area contributed by atoms with Gasteiger partial charge in [-0.1, -0.05) is 116 Å². The first-order valence-electron chi connectivity index (χ1n) is 49.5. The fourth-order valence-electron chi connectivity index (χ4n) is 18.4. The van der Waals surface area contributed by atoms with Crippen LogP contribution in [0.2, 0.25) is 0 Å². The summed E-state index contributed by atoms with van der Waals surface area (Å²) >= 11 is 12.4. The normalized spacial score (nSPS) is 24.2. The maximum Gasteiger partial charge on any atom is 0.335 e. The molecule has 6 aromatic rings. The lowest BCUT2D eigenvalue weighted by Gasteiger charge is -2.36. The number of nitrogens with two attached hydrogens (primary N) is 2. The number of carbonyl (C=O) groups is 19. The van der Waals surface area contributed by atoms with Gasteiger partial charge in [0.1, 0.15) is 96.9 Å². The Morgan fingerprint density at radius 3 is 1.77 bits per heavy atom. The van der Waals surface area contributed by atoms with E-state index in [9.17, 15) is 58.8 Å². The maximum absolute atomic E-state index is 16.4. The lowest BCUT2D eigenvalue weighted by molar-refractivity contribution is -0.149. The first-order valence-corrected chi connectivity index (χ1v) is 51.5. The van der Waals surface area contributed by atoms with Crippen LogP contribution < -0.4 is 85.9 Å². The fraction of sp³-hybridized carbons (Fsp3) is 0.510. The Hall–Kier alpha value is -14.6. The summed E-state index contributed by atoms with van der Waals surface area (Å²) in [5.41, 5.74) is 13.0. The van der Waals surface area contributed by atoms with Crippen molar-refractivity contribution in [3.8, 4) is 5.75 Å². The SMILES string of the molecule is CCCC[C@H]1C(=O)N(C)[C@@H](CCCC)C(=O)N[C@@H](CC(C)C)C(=O)N[C@H](C(=O)NCC(N)=O)CSCC(=O)N[C@@H](Cc2ccc(O)cc2)C(=O)N(C)[C@@H](C)C(=O)N[C@@H](CC(N)=O)C(=O)N2CCC[C@H]2C(=O)N[C@H]2CNC(=S)Nc3cc(cc(C(=O)O)c3)NC(=S)NCC[C@H](NC(=O)[C@H](Cc3c[nH]c4ccccc34)NC(=O)[C@@H]3C[C@@H](O)CN3C(=O)[C@H](CC(C)C)NC2=O)C(=O)N[C@@H](Cc2cn(CC(=O)O)c3ccccc23)C(=O)N1C. The molecule has 3 saturated heterocycles. The van der Waals surface area contributed by atoms with Crippen LogP contribution in [0.3, 0.4) is 0 Å². The largest absolute Gasteiger partial charge is 0.508 e. The van der Waals surface area contributed by atoms with Gasteiger partial charge in [-0.05, 0) is 147 Å². The molecule has 0 saturated carbocycles. The maximum atomic E-state index is 16.4. The number of fused-ring (bicyclic) bond motifs is 14. The van der Waals surface area contributed by atoms with Crippen molar-refractivity contribution < 1.29 is 112 Å². The Morgan fingerprint density at radius 2 is 1.11 bits per heavy atom. The molecule has 46 nitrogen and oxygen atoms in total. The number of H-pyrrole nitrogens is 1. The molecule has 149 heavy (non-hydrogen) atoms. The van der Waals surface area contributed by atoms with Crippen molar-refractivity contribution in [3.63, 3.8) is 0 Å². The number of thioether (sulfide) groups is 1. The van der Waals surface area contributed by atoms with Crippen LogP contribution >= 0.6 is 36.2 Å². The number of phenols is 1. The van der Waals surface area contributed by atoms with Crippen molar-refractivity contribution >= 4 is 192 Å². The molecule has 23 N–H and O–H groups in total. The van der Waals surface area contributed by atoms with E-state index in [-0.39, 0.29) is 110 Å². The number of anilines is 2. The molecule has 0 spiro atoms. The second kappa shape index (κ2) is 54.4. The number of para-hydroxylation sites is 2. The Bertz CT molecular complexity index is 5960. The number of primary amides is 2. The number of nitrogens with zero attached hydrogens (tertiary/aromatic N) is 6. The predicted molar refractivity (Wildman–Crippen MR) is 558 cm³/mol. The molecule has 4 bridgehead atoms. The summed E-state index contributed by atoms with van der Waals surface area (Å²) in [4.78, 5) is 290. The van der Waals surface area contributed by atoms with Gasteiger partial charge < -0.3 is 140 Å². The number of aliphatic carboxylic acids is 1. The zero-order valence-electron chi connectivity index (χ0n) is 84.7. The molecule has 0 aliphatic carbocycles. The van der Waals surface area contributed by atoms with Crippen molar-refractivity contribution in [2.24, 2.45) is 23.3 Å². The average Bonchev–Trinajstić information content (AvgIpc) is 1.60. The van der Waals surface area contributed by atoms with E-state index in [0.717, 1.165) is 36.3 Å². The summed E-state index contributed by atoms with van der Waals surface area (Å²) in [6.45, 7) is 8.77. The molecule has 2 aromatic heterocycles. The van der Waals surface area contributed by atoms with Crippen LogP contribution in [0.4, 0.5) is 11.4 Å². The highest BCUT2D eigenvalue weighted by molar-refractivity contribution is 8.00. The predicted octanol–water partition coefficient (Wildman–Crippen LogP) is -0.171. The number of aromatic nitrogens is 2. The van der Waals surface area contributed by atoms with Crippen molar-refractivity contribution in [1.82, 2.24) is 97.9 Å². The van der Waals surface area contributed by atoms with Crippen LogP contribution in [-0.4, -0.2) is 333 Å². The van der Waals surface area contributed by atoms with E-state index in [4.69, 9.17) is 35.9 Å². The number of phenolic OH excluding ortho intramolecular Hbond substituents is 1. The van der Waals surface area contributed by atoms with E-state index in [1.54, 1.807) is 82.4 Å². The van der Waals surface area contributed by atoms with Crippen LogP contribution in [-0.2, 0) is 112 Å². The zero-order valence-corrected chi connectivity index (χ0v) is 87.2. The van der Waals surface area contributed by atoms with E-state index in [2.05, 4.69) is 79.4 Å². The van der Waals surface area contributed by atoms with Gasteiger partial charge in [-0.2, -0.15) is 0 Å². The summed E-state index contributed by atoms with van der Waals surface area (Å²) < 4.78 is 1.42. The van der Waals surface area contributed by atoms with Crippen LogP contribution in [0.1, 0.15) is 159 Å². The number of hydrogen-bond donors (Lipinski definition) is 21. The molecule has 0 radical (unpaired) electrons. The monoisotopic (exact) mass is 2120 g/mol. The second-order valence-electron chi connectivity index (χ2n) is 38.6. The molecule has 6 heterocycles. The smallest absolute Gasteiger partial charge is 0.335 e. The third-order valence-electron chi connectivity index (χ3n) is 26.3. The van der Waals surface area contributed by atoms with E-state index in [1.165, 1.54) is 81.3 Å². The van der Waals surface area contributed by atoms with Gasteiger partial charge in [0.2, 0.25) is 100 Å². The number of unbranched alkanes of at least 4 members (excludes halogenated alkanes) is 2. The second-order valence-corrected chi connectivity index (χ2v) is 40.5. The Morgan fingerprint density at radius 1 is 0.550 bits per heavy atom. The van der Waals surface area contributed by atoms with Gasteiger partial charge in [-0.3, -0.25) is 86.3 Å². The van der Waals surface area contributed by atoms with Gasteiger partial charge >= 0.3 is 11.9 Å². The molecule has 17 amide bonds. The highest BCUT2D eigenvalue weighted by atomic mass is 32.2. The van der Waals surface area contributed by atoms with Crippen LogP contribution in [0.25, 0.3) is 21.8 Å². The molecular formula is C100H135N23O23S3. The van der Waals surface area contributed by atoms with Gasteiger partial charge in [0.05, 0.1) is 30.4 Å². The van der Waals surface area contributed by atoms with E-state index < -0.39 is 272 Å². The number of thiocarbonyl (C=S) groups is 2. The van der Waals surface area contributed by atoms with Gasteiger partial charge in [0.15, 0.2) is 10.2 Å². The lowest BCUT2D eigenvalue weighted by Crippen LogP contribution is -2.62. The Balaban J connectivity index is 1.12. The fourth-order valence-corrected chi connectivity index (χ4v) is 19.7. The first kappa shape index (κ1) is 116. The molecule has 10 rings (SSSR count). The minimum Gasteiger partial charge on any atom is -0.508 e. The van der Waals surface area contributed by atoms with Gasteiger partial charge in [0, 0.05) is 124 Å². The number of aliphatic hydroxyl groups excluding tert-OH is 1. The van der Waals surface area contributed by atoms with Gasteiger partial charge in [0.25, 0.3) is 0 Å². The minimum absolute atomic E-state index is 0.00148. The molecule has 806 valence electrons. The molecule has 4 aromatic carbocycles. The number of likely N-dealkylation sites (N-methyl/N-ethyl adjacent to an activating group) is 3. The van der Waals surface area contributed by atoms with E-state index in [0.29, 0.717) is 57.8 Å². The summed E-state index contributed by atoms with van der Waals surface area (Å²) in [7, 11) is 3.85. The number of amides is 17. The van der Waals surface area contributed by atoms with Crippen LogP contribution in [0, 0.1) is 11.8 Å². The number of carboxylic acid groups (broad SMARTS) is 2. The average molecular weight is 2120 g/mol. The first-order chi connectivity index (χ1) is 70.7. The summed E-state index contributed by atoms with van der Waals surface area (Å²) in [6.07, 6.45) is -0.164. The lowest BCUT2D eigenvalue weighted by atomic mass is 9.99. The number of rotatable bonds is 24. The quantitative estimate of drug-likeness (QED) is 0.0350. The number of aromatic amines is 1. The van der Waals surface area contributed by atoms with Crippen molar-refractivity contribution in [3.05, 3.63) is 126 Å². The third-order valence-corrected chi connectivity index (χ3v) is 27.8. The van der Waals surface area contributed by atoms with Crippen LogP contribution in [0.5, 0.6) is 5.75 Å². The summed E-state index contributed by atoms with van der Waals surface area (Å²) in [5.74, 6) is -21.4. The number of nitrogens with one attached hydrogen (secondary N) is 15. The zero-order chi connectivity index (χ0) is 109. The Kier molecular flexibility index (Phi) is 42.4. The Labute approximate surface area is 875 Å². The number of aliphatic hydroxyl groups is 1. The number of carbonyl (C=O) groups excluding carboxylic acids is 17. The highest BCUT2D eigenvalue weighted by Crippen LogP contribution is 2.30. The van der Waals surface area contributed by atoms with E-state index >= 15 is 52.7 Å². The molecule has 4 aliphatic heterocycles. The van der Waals surface area contributed by atoms with Crippen molar-refractivity contribution in [1.29, 1.82) is 0 Å². The topological polar surface area (TPSA) is 663 Å². The molecule has 3 fully saturated rings. The van der Waals surface area contributed by atoms with Gasteiger partial charge in [-0.25, -0.2) is 4.79 Å². The number of benzene rings is 4. The standard InChI is InChI=1S/C100H135N23O23S3/c1-11-13-23-76-90(137)111-67(34-52(3)4)87(134)117-74(85(132)105-46-81(102)127)50-149-51-82(128)109-70(36-55-27-29-61(124)30-28-55)93(140)118(8)54(7)84(131)113-72(43-80(101)126)95(142)122-33-19-26-77(122)91(138)116-73-45-106-100(148)108-60-38-56(98(145)146)37-59(41-60)107-99(147)103-32-31-66(86(133)115-71(94(141)120(10)78(24-14-12-2)97(144)119(76)9)40-58-47-121(49-83(129)130)75-25-18-16-21-64(58)75)110-88(135)68(39-57-44-104-65-22-17-15-20-63(57)65)112-92(139)79-42-62(125)48-123(79)96(143)69(35-53(5)6)114-89(73)136/h15-18,20-22,25,27-30,37-38,41,44,47,52-54,62,66-74,76-79,104,124-125H,11-14,19,23-24,26,31-36,39-40,42-43,45-46,48-51H2,1-10H3,(H2,101,126)(H2,102,127)(H,105,132)(H,109,128)(H,110,135)(H,111,137)(H,112,139)(H,113,131)(H,114,136)(H,115,133)(H,116,138)(H,117,134)(H,129,130)(H,145,146)(H2,103,107,147)(H2,106,108,148)/t54-,62+,66-,67-,68-,69-,70-,71-,72-,73-,74-,76-,77-,78-,79-/m0/s1. The third kappa shape index (κ3) is 32.4. The highest BCUT2D eigenvalue weighted by Gasteiger charge is 2.47. The van der Waals surface area contributed by atoms with Crippen molar-refractivity contribution in [2.75, 3.05) is 76.0 Å². The molecule has 0 unspecified atom stereocenters. The summed E-state index contributed by atoms with van der Waals surface area (Å²) in [5, 5.41) is 81.8. The van der Waals surface area contributed by atoms with Crippen molar-refractivity contribution in [2.45, 2.75) is 248 Å². The molecule has 4 aliphatic rings. The molecule has 49 heteroatoms.